The summed E-state index contributed by atoms with van der Waals surface area (Å²) in [5.74, 6) is 0. The van der Waals surface area contributed by atoms with Crippen molar-refractivity contribution in [3.05, 3.63) is 51.8 Å². The second-order valence-corrected chi connectivity index (χ2v) is 5.67. The SMILES string of the molecule is CCn1ccc(-c2cnc3c(-c4ccsc4)c[nH]n3c2=O)n1. The maximum Gasteiger partial charge on any atom is 0.282 e. The molecule has 0 aromatic carbocycles. The van der Waals surface area contributed by atoms with Crippen molar-refractivity contribution in [3.8, 4) is 22.4 Å². The van der Waals surface area contributed by atoms with Crippen LogP contribution in [0.5, 0.6) is 0 Å². The second-order valence-electron chi connectivity index (χ2n) is 4.89. The predicted molar refractivity (Wildman–Crippen MR) is 86.0 cm³/mol. The van der Waals surface area contributed by atoms with Gasteiger partial charge in [-0.25, -0.2) is 9.50 Å². The summed E-state index contributed by atoms with van der Waals surface area (Å²) in [5.41, 5.74) is 3.58. The summed E-state index contributed by atoms with van der Waals surface area (Å²) in [6.45, 7) is 2.77. The largest absolute Gasteiger partial charge is 0.296 e. The number of hydrogen-bond acceptors (Lipinski definition) is 4. The van der Waals surface area contributed by atoms with Gasteiger partial charge in [-0.2, -0.15) is 16.4 Å². The molecule has 7 heteroatoms. The molecule has 4 heterocycles. The molecule has 0 atom stereocenters. The molecule has 0 unspecified atom stereocenters. The average molecular weight is 311 g/mol. The fraction of sp³-hybridized carbons (Fsp3) is 0.133. The Morgan fingerprint density at radius 1 is 1.32 bits per heavy atom. The van der Waals surface area contributed by atoms with Crippen molar-refractivity contribution in [3.63, 3.8) is 0 Å². The fourth-order valence-corrected chi connectivity index (χ4v) is 3.10. The second kappa shape index (κ2) is 4.96. The van der Waals surface area contributed by atoms with Crippen molar-refractivity contribution >= 4 is 17.0 Å². The molecule has 0 amide bonds. The van der Waals surface area contributed by atoms with Crippen LogP contribution < -0.4 is 5.56 Å². The summed E-state index contributed by atoms with van der Waals surface area (Å²) in [6.07, 6.45) is 5.26. The number of aromatic nitrogens is 5. The van der Waals surface area contributed by atoms with E-state index >= 15 is 0 Å². The lowest BCUT2D eigenvalue weighted by Crippen LogP contribution is -2.17. The highest BCUT2D eigenvalue weighted by Crippen LogP contribution is 2.25. The number of aryl methyl sites for hydroxylation is 1. The number of nitrogens with one attached hydrogen (secondary N) is 1. The average Bonchev–Trinajstić information content (AvgIpc) is 3.27. The van der Waals surface area contributed by atoms with E-state index in [4.69, 9.17) is 0 Å². The molecule has 22 heavy (non-hydrogen) atoms. The first-order chi connectivity index (χ1) is 10.8. The summed E-state index contributed by atoms with van der Waals surface area (Å²) in [4.78, 5) is 17.1. The molecule has 4 aromatic rings. The maximum atomic E-state index is 12.7. The molecule has 0 saturated carbocycles. The van der Waals surface area contributed by atoms with Gasteiger partial charge in [-0.1, -0.05) is 0 Å². The summed E-state index contributed by atoms with van der Waals surface area (Å²) in [7, 11) is 0. The quantitative estimate of drug-likeness (QED) is 0.632. The summed E-state index contributed by atoms with van der Waals surface area (Å²) >= 11 is 1.61. The predicted octanol–water partition coefficient (Wildman–Crippen LogP) is 2.63. The van der Waals surface area contributed by atoms with Crippen LogP contribution in [0.1, 0.15) is 6.92 Å². The van der Waals surface area contributed by atoms with E-state index in [1.807, 2.05) is 36.0 Å². The Kier molecular flexibility index (Phi) is 2.93. The van der Waals surface area contributed by atoms with Crippen molar-refractivity contribution in [1.82, 2.24) is 24.4 Å². The normalized spacial score (nSPS) is 11.3. The summed E-state index contributed by atoms with van der Waals surface area (Å²) in [5, 5.41) is 11.4. The van der Waals surface area contributed by atoms with Gasteiger partial charge in [0.05, 0.1) is 11.3 Å². The third-order valence-electron chi connectivity index (χ3n) is 3.61. The van der Waals surface area contributed by atoms with Crippen LogP contribution in [0, 0.1) is 0 Å². The van der Waals surface area contributed by atoms with E-state index in [-0.39, 0.29) is 5.56 Å². The summed E-state index contributed by atoms with van der Waals surface area (Å²) < 4.78 is 3.25. The number of aromatic amines is 1. The van der Waals surface area contributed by atoms with Gasteiger partial charge in [0.1, 0.15) is 0 Å². The Hall–Kier alpha value is -2.67. The van der Waals surface area contributed by atoms with E-state index in [0.717, 1.165) is 17.7 Å². The van der Waals surface area contributed by atoms with Gasteiger partial charge in [-0.05, 0) is 35.4 Å². The van der Waals surface area contributed by atoms with Gasteiger partial charge in [-0.3, -0.25) is 14.6 Å². The van der Waals surface area contributed by atoms with Crippen LogP contribution in [0.4, 0.5) is 0 Å². The molecule has 0 aliphatic rings. The van der Waals surface area contributed by atoms with Crippen LogP contribution in [0.15, 0.2) is 46.3 Å². The van der Waals surface area contributed by atoms with Crippen LogP contribution in [-0.2, 0) is 6.54 Å². The monoisotopic (exact) mass is 311 g/mol. The van der Waals surface area contributed by atoms with Gasteiger partial charge in [-0.15, -0.1) is 0 Å². The molecular formula is C15H13N5OS. The van der Waals surface area contributed by atoms with Crippen molar-refractivity contribution in [1.29, 1.82) is 0 Å². The van der Waals surface area contributed by atoms with E-state index in [0.29, 0.717) is 16.9 Å². The Morgan fingerprint density at radius 3 is 2.95 bits per heavy atom. The Labute approximate surface area is 129 Å². The first-order valence-corrected chi connectivity index (χ1v) is 7.87. The molecule has 6 nitrogen and oxygen atoms in total. The van der Waals surface area contributed by atoms with Crippen molar-refractivity contribution in [2.24, 2.45) is 0 Å². The zero-order chi connectivity index (χ0) is 15.1. The zero-order valence-corrected chi connectivity index (χ0v) is 12.7. The molecule has 4 aromatic heterocycles. The molecular weight excluding hydrogens is 298 g/mol. The molecule has 0 radical (unpaired) electrons. The standard InChI is InChI=1S/C15H13N5OS/c1-2-19-5-3-13(18-19)12-7-16-14-11(10-4-6-22-9-10)8-17-20(14)15(12)21/h3-9,17H,2H2,1H3. The van der Waals surface area contributed by atoms with E-state index < -0.39 is 0 Å². The minimum atomic E-state index is -0.146. The molecule has 1 N–H and O–H groups in total. The van der Waals surface area contributed by atoms with Crippen LogP contribution in [-0.4, -0.2) is 24.4 Å². The van der Waals surface area contributed by atoms with E-state index in [9.17, 15) is 4.79 Å². The Balaban J connectivity index is 1.90. The summed E-state index contributed by atoms with van der Waals surface area (Å²) in [6, 6.07) is 3.84. The lowest BCUT2D eigenvalue weighted by atomic mass is 10.2. The van der Waals surface area contributed by atoms with E-state index in [1.54, 1.807) is 28.4 Å². The highest BCUT2D eigenvalue weighted by molar-refractivity contribution is 7.08. The van der Waals surface area contributed by atoms with Crippen molar-refractivity contribution < 1.29 is 0 Å². The topological polar surface area (TPSA) is 68.0 Å². The number of fused-ring (bicyclic) bond motifs is 1. The number of hydrogen-bond donors (Lipinski definition) is 1. The maximum absolute atomic E-state index is 12.7. The number of thiophene rings is 1. The van der Waals surface area contributed by atoms with Crippen molar-refractivity contribution in [2.75, 3.05) is 0 Å². The third kappa shape index (κ3) is 1.90. The molecule has 0 aliphatic heterocycles. The molecule has 0 saturated heterocycles. The molecule has 0 fully saturated rings. The molecule has 0 aliphatic carbocycles. The van der Waals surface area contributed by atoms with Gasteiger partial charge in [0.2, 0.25) is 0 Å². The lowest BCUT2D eigenvalue weighted by Gasteiger charge is -1.99. The van der Waals surface area contributed by atoms with Gasteiger partial charge in [0.15, 0.2) is 5.65 Å². The van der Waals surface area contributed by atoms with Crippen LogP contribution in [0.25, 0.3) is 28.0 Å². The van der Waals surface area contributed by atoms with E-state index in [1.165, 1.54) is 4.52 Å². The Bertz CT molecular complexity index is 993. The lowest BCUT2D eigenvalue weighted by molar-refractivity contribution is 0.661. The fourth-order valence-electron chi connectivity index (χ4n) is 2.45. The van der Waals surface area contributed by atoms with Gasteiger partial charge in [0.25, 0.3) is 5.56 Å². The smallest absolute Gasteiger partial charge is 0.282 e. The zero-order valence-electron chi connectivity index (χ0n) is 11.9. The minimum Gasteiger partial charge on any atom is -0.296 e. The molecule has 4 rings (SSSR count). The molecule has 0 bridgehead atoms. The first-order valence-electron chi connectivity index (χ1n) is 6.93. The Morgan fingerprint density at radius 2 is 2.23 bits per heavy atom. The van der Waals surface area contributed by atoms with Crippen LogP contribution in [0.3, 0.4) is 0 Å². The molecule has 0 spiro atoms. The number of H-pyrrole nitrogens is 1. The third-order valence-corrected chi connectivity index (χ3v) is 4.30. The highest BCUT2D eigenvalue weighted by atomic mass is 32.1. The first kappa shape index (κ1) is 13.0. The van der Waals surface area contributed by atoms with Gasteiger partial charge >= 0.3 is 0 Å². The highest BCUT2D eigenvalue weighted by Gasteiger charge is 2.14. The van der Waals surface area contributed by atoms with Gasteiger partial charge in [0, 0.05) is 30.7 Å². The van der Waals surface area contributed by atoms with Crippen LogP contribution >= 0.6 is 11.3 Å². The van der Waals surface area contributed by atoms with Crippen molar-refractivity contribution in [2.45, 2.75) is 13.5 Å². The number of nitrogens with zero attached hydrogens (tertiary/aromatic N) is 4. The van der Waals surface area contributed by atoms with Gasteiger partial charge < -0.3 is 0 Å². The number of rotatable bonds is 3. The van der Waals surface area contributed by atoms with E-state index in [2.05, 4.69) is 15.2 Å². The van der Waals surface area contributed by atoms with Crippen LogP contribution in [0.2, 0.25) is 0 Å². The minimum absolute atomic E-state index is 0.146. The molecule has 110 valence electrons.